The molecule has 1 aromatic carbocycles. The predicted molar refractivity (Wildman–Crippen MR) is 53.5 cm³/mol. The maximum Gasteiger partial charge on any atom is 0.161 e. The number of rotatable bonds is 1. The average Bonchev–Trinajstić information content (AvgIpc) is 2.52. The Morgan fingerprint density at radius 2 is 2.38 bits per heavy atom. The number of fused-ring (bicyclic) bond motifs is 1. The summed E-state index contributed by atoms with van der Waals surface area (Å²) in [6, 6.07) is 3.56. The van der Waals surface area contributed by atoms with E-state index in [-0.39, 0.29) is 5.78 Å². The second kappa shape index (κ2) is 3.09. The molecule has 0 atom stereocenters. The SMILES string of the molecule is CC(=O)c1ccc2s[c]nc2c1Cl. The molecule has 1 heterocycles. The molecular formula is C9H5ClNOS. The van der Waals surface area contributed by atoms with Gasteiger partial charge in [0, 0.05) is 5.56 Å². The van der Waals surface area contributed by atoms with E-state index in [1.807, 2.05) is 6.07 Å². The van der Waals surface area contributed by atoms with E-state index in [0.717, 1.165) is 4.70 Å². The fourth-order valence-electron chi connectivity index (χ4n) is 1.12. The smallest absolute Gasteiger partial charge is 0.161 e. The highest BCUT2D eigenvalue weighted by atomic mass is 35.5. The van der Waals surface area contributed by atoms with Gasteiger partial charge in [-0.15, -0.1) is 11.3 Å². The number of nitrogens with zero attached hydrogens (tertiary/aromatic N) is 1. The lowest BCUT2D eigenvalue weighted by Gasteiger charge is -1.98. The third-order valence-electron chi connectivity index (χ3n) is 1.77. The molecule has 0 aliphatic carbocycles. The van der Waals surface area contributed by atoms with Gasteiger partial charge in [-0.1, -0.05) is 11.6 Å². The third kappa shape index (κ3) is 1.34. The highest BCUT2D eigenvalue weighted by Gasteiger charge is 2.10. The van der Waals surface area contributed by atoms with E-state index >= 15 is 0 Å². The van der Waals surface area contributed by atoms with Crippen LogP contribution in [0.15, 0.2) is 12.1 Å². The third-order valence-corrected chi connectivity index (χ3v) is 2.89. The largest absolute Gasteiger partial charge is 0.294 e. The zero-order valence-corrected chi connectivity index (χ0v) is 8.37. The highest BCUT2D eigenvalue weighted by Crippen LogP contribution is 2.28. The number of benzene rings is 1. The predicted octanol–water partition coefficient (Wildman–Crippen LogP) is 2.95. The van der Waals surface area contributed by atoms with Crippen molar-refractivity contribution in [2.75, 3.05) is 0 Å². The van der Waals surface area contributed by atoms with E-state index in [1.165, 1.54) is 18.3 Å². The van der Waals surface area contributed by atoms with Crippen molar-refractivity contribution in [3.8, 4) is 0 Å². The Kier molecular flexibility index (Phi) is 2.06. The minimum atomic E-state index is -0.0418. The molecule has 2 aromatic rings. The molecule has 0 amide bonds. The second-order valence-electron chi connectivity index (χ2n) is 2.64. The summed E-state index contributed by atoms with van der Waals surface area (Å²) in [5, 5.41) is 0.433. The molecule has 2 nitrogen and oxygen atoms in total. The van der Waals surface area contributed by atoms with Gasteiger partial charge < -0.3 is 0 Å². The summed E-state index contributed by atoms with van der Waals surface area (Å²) in [4.78, 5) is 15.1. The lowest BCUT2D eigenvalue weighted by molar-refractivity contribution is 0.101. The molecular weight excluding hydrogens is 206 g/mol. The van der Waals surface area contributed by atoms with Crippen LogP contribution in [0.25, 0.3) is 10.2 Å². The Hall–Kier alpha value is -0.930. The normalized spacial score (nSPS) is 10.6. The van der Waals surface area contributed by atoms with E-state index < -0.39 is 0 Å². The number of hydrogen-bond donors (Lipinski definition) is 0. The molecule has 0 spiro atoms. The fraction of sp³-hybridized carbons (Fsp3) is 0.111. The molecule has 2 rings (SSSR count). The zero-order chi connectivity index (χ0) is 9.42. The van der Waals surface area contributed by atoms with Gasteiger partial charge in [-0.3, -0.25) is 4.79 Å². The van der Waals surface area contributed by atoms with Gasteiger partial charge in [0.2, 0.25) is 0 Å². The molecule has 0 saturated carbocycles. The Labute approximate surface area is 84.2 Å². The number of ketones is 1. The summed E-state index contributed by atoms with van der Waals surface area (Å²) in [6.07, 6.45) is 0. The molecule has 1 aromatic heterocycles. The Morgan fingerprint density at radius 1 is 1.62 bits per heavy atom. The first-order chi connectivity index (χ1) is 6.20. The zero-order valence-electron chi connectivity index (χ0n) is 6.80. The van der Waals surface area contributed by atoms with Gasteiger partial charge in [-0.25, -0.2) is 4.98 Å². The van der Waals surface area contributed by atoms with Crippen LogP contribution < -0.4 is 0 Å². The van der Waals surface area contributed by atoms with Crippen molar-refractivity contribution >= 4 is 38.9 Å². The van der Waals surface area contributed by atoms with Crippen molar-refractivity contribution in [3.63, 3.8) is 0 Å². The van der Waals surface area contributed by atoms with Gasteiger partial charge in [-0.05, 0) is 19.1 Å². The van der Waals surface area contributed by atoms with Gasteiger partial charge in [0.15, 0.2) is 11.3 Å². The molecule has 0 unspecified atom stereocenters. The molecule has 4 heteroatoms. The maximum absolute atomic E-state index is 11.1. The summed E-state index contributed by atoms with van der Waals surface area (Å²) in [5.74, 6) is -0.0418. The maximum atomic E-state index is 11.1. The van der Waals surface area contributed by atoms with Crippen molar-refractivity contribution in [1.82, 2.24) is 4.98 Å². The first-order valence-electron chi connectivity index (χ1n) is 3.66. The van der Waals surface area contributed by atoms with Crippen LogP contribution in [0.3, 0.4) is 0 Å². The summed E-state index contributed by atoms with van der Waals surface area (Å²) >= 11 is 7.37. The van der Waals surface area contributed by atoms with Crippen LogP contribution in [-0.4, -0.2) is 10.8 Å². The monoisotopic (exact) mass is 210 g/mol. The van der Waals surface area contributed by atoms with Gasteiger partial charge in [-0.2, -0.15) is 0 Å². The van der Waals surface area contributed by atoms with Crippen molar-refractivity contribution in [2.24, 2.45) is 0 Å². The van der Waals surface area contributed by atoms with Crippen LogP contribution in [-0.2, 0) is 0 Å². The molecule has 0 aliphatic rings. The lowest BCUT2D eigenvalue weighted by atomic mass is 10.1. The van der Waals surface area contributed by atoms with Crippen molar-refractivity contribution in [2.45, 2.75) is 6.92 Å². The standard InChI is InChI=1S/C9H5ClNOS/c1-5(12)6-2-3-7-9(8(6)10)11-4-13-7/h2-3H,1H3. The number of Topliss-reactive ketones (excluding diaryl/α,β-unsaturated/α-hetero) is 1. The Bertz CT molecular complexity index is 477. The summed E-state index contributed by atoms with van der Waals surface area (Å²) in [5.41, 5.74) is 3.93. The van der Waals surface area contributed by atoms with Gasteiger partial charge in [0.05, 0.1) is 9.72 Å². The molecule has 0 bridgehead atoms. The number of carbonyl (C=O) groups is 1. The van der Waals surface area contributed by atoms with E-state index in [4.69, 9.17) is 11.6 Å². The highest BCUT2D eigenvalue weighted by molar-refractivity contribution is 7.16. The second-order valence-corrected chi connectivity index (χ2v) is 3.84. The molecule has 65 valence electrons. The summed E-state index contributed by atoms with van der Waals surface area (Å²) < 4.78 is 0.954. The molecule has 0 fully saturated rings. The molecule has 1 radical (unpaired) electrons. The lowest BCUT2D eigenvalue weighted by Crippen LogP contribution is -1.92. The van der Waals surface area contributed by atoms with Crippen LogP contribution >= 0.6 is 22.9 Å². The summed E-state index contributed by atoms with van der Waals surface area (Å²) in [6.45, 7) is 1.49. The first kappa shape index (κ1) is 8.66. The molecule has 0 aliphatic heterocycles. The van der Waals surface area contributed by atoms with Crippen molar-refractivity contribution < 1.29 is 4.79 Å². The van der Waals surface area contributed by atoms with Gasteiger partial charge in [0.25, 0.3) is 0 Å². The minimum absolute atomic E-state index is 0.0418. The van der Waals surface area contributed by atoms with Crippen LogP contribution in [0.2, 0.25) is 5.02 Å². The van der Waals surface area contributed by atoms with Gasteiger partial charge in [0.1, 0.15) is 5.52 Å². The Balaban J connectivity index is 2.80. The van der Waals surface area contributed by atoms with E-state index in [1.54, 1.807) is 6.07 Å². The van der Waals surface area contributed by atoms with E-state index in [2.05, 4.69) is 10.5 Å². The molecule has 0 N–H and O–H groups in total. The topological polar surface area (TPSA) is 30.0 Å². The number of hydrogen-bond acceptors (Lipinski definition) is 3. The van der Waals surface area contributed by atoms with Crippen LogP contribution in [0.5, 0.6) is 0 Å². The quantitative estimate of drug-likeness (QED) is 0.678. The fourth-order valence-corrected chi connectivity index (χ4v) is 2.13. The Morgan fingerprint density at radius 3 is 3.08 bits per heavy atom. The first-order valence-corrected chi connectivity index (χ1v) is 4.85. The van der Waals surface area contributed by atoms with Crippen molar-refractivity contribution in [1.29, 1.82) is 0 Å². The van der Waals surface area contributed by atoms with Gasteiger partial charge >= 0.3 is 0 Å². The van der Waals surface area contributed by atoms with Crippen LogP contribution in [0.1, 0.15) is 17.3 Å². The average molecular weight is 211 g/mol. The van der Waals surface area contributed by atoms with Crippen molar-refractivity contribution in [3.05, 3.63) is 28.2 Å². The number of aromatic nitrogens is 1. The van der Waals surface area contributed by atoms with Crippen LogP contribution in [0.4, 0.5) is 0 Å². The molecule has 0 saturated heterocycles. The van der Waals surface area contributed by atoms with E-state index in [9.17, 15) is 4.79 Å². The summed E-state index contributed by atoms with van der Waals surface area (Å²) in [7, 11) is 0. The molecule has 13 heavy (non-hydrogen) atoms. The number of halogens is 1. The number of carbonyl (C=O) groups excluding carboxylic acids is 1. The number of thiazole rings is 1. The van der Waals surface area contributed by atoms with E-state index in [0.29, 0.717) is 16.1 Å². The van der Waals surface area contributed by atoms with Crippen LogP contribution in [0, 0.1) is 5.51 Å². The minimum Gasteiger partial charge on any atom is -0.294 e.